The Morgan fingerprint density at radius 3 is 2.44 bits per heavy atom. The fraction of sp³-hybridized carbons (Fsp3) is 0.682. The van der Waals surface area contributed by atoms with Crippen molar-refractivity contribution in [1.82, 2.24) is 9.80 Å². The van der Waals surface area contributed by atoms with Gasteiger partial charge in [-0.2, -0.15) is 0 Å². The van der Waals surface area contributed by atoms with Gasteiger partial charge in [-0.3, -0.25) is 9.69 Å². The highest BCUT2D eigenvalue weighted by Gasteiger charge is 2.37. The molecule has 25 heavy (non-hydrogen) atoms. The molecule has 3 aliphatic rings. The molecule has 1 heterocycles. The van der Waals surface area contributed by atoms with E-state index >= 15 is 0 Å². The average molecular weight is 341 g/mol. The molecule has 1 aliphatic heterocycles. The molecule has 4 rings (SSSR count). The summed E-state index contributed by atoms with van der Waals surface area (Å²) in [7, 11) is 0. The van der Waals surface area contributed by atoms with E-state index in [9.17, 15) is 4.79 Å². The molecule has 1 unspecified atom stereocenters. The lowest BCUT2D eigenvalue weighted by Crippen LogP contribution is -2.51. The largest absolute Gasteiger partial charge is 0.333 e. The van der Waals surface area contributed by atoms with Gasteiger partial charge in [0.25, 0.3) is 0 Å². The van der Waals surface area contributed by atoms with E-state index in [0.717, 1.165) is 44.4 Å². The number of amides is 1. The average Bonchev–Trinajstić information content (AvgIpc) is 3.52. The van der Waals surface area contributed by atoms with Gasteiger partial charge in [0, 0.05) is 32.1 Å². The number of piperazine rings is 1. The second kappa shape index (κ2) is 7.90. The second-order valence-corrected chi connectivity index (χ2v) is 8.28. The van der Waals surface area contributed by atoms with Crippen LogP contribution in [-0.2, 0) is 4.79 Å². The highest BCUT2D eigenvalue weighted by atomic mass is 16.2. The van der Waals surface area contributed by atoms with Gasteiger partial charge in [0.05, 0.1) is 6.04 Å². The predicted octanol–water partition coefficient (Wildman–Crippen LogP) is 4.39. The molecule has 0 radical (unpaired) electrons. The van der Waals surface area contributed by atoms with Gasteiger partial charge in [-0.05, 0) is 30.7 Å². The quantitative estimate of drug-likeness (QED) is 0.793. The summed E-state index contributed by atoms with van der Waals surface area (Å²) in [6.07, 6.45) is 11.3. The van der Waals surface area contributed by atoms with Crippen molar-refractivity contribution in [3.8, 4) is 0 Å². The zero-order valence-electron chi connectivity index (χ0n) is 15.4. The fourth-order valence-electron chi connectivity index (χ4n) is 4.78. The molecule has 1 atom stereocenters. The topological polar surface area (TPSA) is 23.6 Å². The maximum absolute atomic E-state index is 13.0. The minimum atomic E-state index is 0.245. The second-order valence-electron chi connectivity index (χ2n) is 8.28. The third-order valence-corrected chi connectivity index (χ3v) is 6.47. The Labute approximate surface area is 152 Å². The third kappa shape index (κ3) is 4.25. The summed E-state index contributed by atoms with van der Waals surface area (Å²) in [5.74, 6) is 1.18. The summed E-state index contributed by atoms with van der Waals surface area (Å²) in [6, 6.07) is 11.7. The van der Waals surface area contributed by atoms with Crippen molar-refractivity contribution < 1.29 is 4.79 Å². The molecule has 3 nitrogen and oxygen atoms in total. The predicted molar refractivity (Wildman–Crippen MR) is 101 cm³/mol. The molecule has 3 heteroatoms. The Hall–Kier alpha value is -1.35. The summed E-state index contributed by atoms with van der Waals surface area (Å²) in [4.78, 5) is 17.8. The molecule has 136 valence electrons. The molecular weight excluding hydrogens is 308 g/mol. The molecule has 0 N–H and O–H groups in total. The maximum atomic E-state index is 13.0. The van der Waals surface area contributed by atoms with Gasteiger partial charge in [0.15, 0.2) is 0 Å². The number of hydrogen-bond acceptors (Lipinski definition) is 2. The van der Waals surface area contributed by atoms with Crippen LogP contribution in [0.2, 0.25) is 0 Å². The molecule has 0 spiro atoms. The van der Waals surface area contributed by atoms with Gasteiger partial charge in [-0.1, -0.05) is 62.4 Å². The molecule has 1 aromatic carbocycles. The van der Waals surface area contributed by atoms with Crippen LogP contribution in [0.5, 0.6) is 0 Å². The molecule has 0 aromatic heterocycles. The van der Waals surface area contributed by atoms with E-state index < -0.39 is 0 Å². The lowest BCUT2D eigenvalue weighted by molar-refractivity contribution is -0.137. The van der Waals surface area contributed by atoms with Crippen molar-refractivity contribution in [3.05, 3.63) is 35.9 Å². The van der Waals surface area contributed by atoms with E-state index in [4.69, 9.17) is 0 Å². The number of carbonyl (C=O) groups is 1. The number of carbonyl (C=O) groups excluding carboxylic acids is 1. The minimum absolute atomic E-state index is 0.245. The number of hydrogen-bond donors (Lipinski definition) is 0. The van der Waals surface area contributed by atoms with Crippen LogP contribution in [0.25, 0.3) is 0 Å². The van der Waals surface area contributed by atoms with Crippen molar-refractivity contribution in [3.63, 3.8) is 0 Å². The van der Waals surface area contributed by atoms with E-state index in [1.54, 1.807) is 0 Å². The summed E-state index contributed by atoms with van der Waals surface area (Å²) < 4.78 is 0. The molecule has 1 saturated heterocycles. The van der Waals surface area contributed by atoms with Crippen molar-refractivity contribution in [2.45, 2.75) is 69.9 Å². The highest BCUT2D eigenvalue weighted by Crippen LogP contribution is 2.34. The van der Waals surface area contributed by atoms with E-state index in [1.165, 1.54) is 50.5 Å². The molecule has 0 bridgehead atoms. The molecule has 3 fully saturated rings. The van der Waals surface area contributed by atoms with Crippen molar-refractivity contribution in [2.75, 3.05) is 19.6 Å². The van der Waals surface area contributed by atoms with Crippen LogP contribution in [0.3, 0.4) is 0 Å². The highest BCUT2D eigenvalue weighted by molar-refractivity contribution is 5.77. The Morgan fingerprint density at radius 2 is 1.72 bits per heavy atom. The zero-order chi connectivity index (χ0) is 17.1. The third-order valence-electron chi connectivity index (χ3n) is 6.47. The lowest BCUT2D eigenvalue weighted by atomic mass is 9.86. The first-order chi connectivity index (χ1) is 12.3. The minimum Gasteiger partial charge on any atom is -0.333 e. The summed E-state index contributed by atoms with van der Waals surface area (Å²) >= 11 is 0. The monoisotopic (exact) mass is 340 g/mol. The zero-order valence-corrected chi connectivity index (χ0v) is 15.4. The normalized spacial score (nSPS) is 25.9. The van der Waals surface area contributed by atoms with E-state index in [0.29, 0.717) is 5.91 Å². The van der Waals surface area contributed by atoms with Crippen LogP contribution in [0.4, 0.5) is 0 Å². The SMILES string of the molecule is O=C(CCC1CCCCC1)N1CCN(C2CC2)CC1c1ccccc1. The number of rotatable bonds is 5. The van der Waals surface area contributed by atoms with Crippen molar-refractivity contribution in [1.29, 1.82) is 0 Å². The van der Waals surface area contributed by atoms with Crippen LogP contribution in [0.1, 0.15) is 69.4 Å². The summed E-state index contributed by atoms with van der Waals surface area (Å²) in [5, 5.41) is 0. The van der Waals surface area contributed by atoms with Gasteiger partial charge in [-0.15, -0.1) is 0 Å². The maximum Gasteiger partial charge on any atom is 0.223 e. The smallest absolute Gasteiger partial charge is 0.223 e. The Kier molecular flexibility index (Phi) is 5.40. The van der Waals surface area contributed by atoms with E-state index in [2.05, 4.69) is 40.1 Å². The van der Waals surface area contributed by atoms with Gasteiger partial charge in [0.1, 0.15) is 0 Å². The number of nitrogens with zero attached hydrogens (tertiary/aromatic N) is 2. The van der Waals surface area contributed by atoms with E-state index in [-0.39, 0.29) is 6.04 Å². The number of benzene rings is 1. The first-order valence-electron chi connectivity index (χ1n) is 10.4. The molecule has 2 saturated carbocycles. The van der Waals surface area contributed by atoms with Crippen LogP contribution in [0.15, 0.2) is 30.3 Å². The Bertz CT molecular complexity index is 563. The lowest BCUT2D eigenvalue weighted by Gasteiger charge is -2.42. The fourth-order valence-corrected chi connectivity index (χ4v) is 4.78. The standard InChI is InChI=1S/C22H32N2O/c25-22(14-11-18-7-3-1-4-8-18)24-16-15-23(20-12-13-20)17-21(24)19-9-5-2-6-10-19/h2,5-6,9-10,18,20-21H,1,3-4,7-8,11-17H2. The summed E-state index contributed by atoms with van der Waals surface area (Å²) in [5.41, 5.74) is 1.30. The Balaban J connectivity index is 1.41. The van der Waals surface area contributed by atoms with Crippen molar-refractivity contribution in [2.24, 2.45) is 5.92 Å². The van der Waals surface area contributed by atoms with Crippen LogP contribution < -0.4 is 0 Å². The van der Waals surface area contributed by atoms with Crippen LogP contribution in [0, 0.1) is 5.92 Å². The Morgan fingerprint density at radius 1 is 0.960 bits per heavy atom. The van der Waals surface area contributed by atoms with Gasteiger partial charge >= 0.3 is 0 Å². The molecular formula is C22H32N2O. The summed E-state index contributed by atoms with van der Waals surface area (Å²) in [6.45, 7) is 2.98. The molecule has 2 aliphatic carbocycles. The first kappa shape index (κ1) is 17.1. The van der Waals surface area contributed by atoms with Crippen molar-refractivity contribution >= 4 is 5.91 Å². The molecule has 1 amide bonds. The van der Waals surface area contributed by atoms with Crippen LogP contribution in [-0.4, -0.2) is 41.4 Å². The van der Waals surface area contributed by atoms with E-state index in [1.807, 2.05) is 0 Å². The van der Waals surface area contributed by atoms with Gasteiger partial charge in [-0.25, -0.2) is 0 Å². The van der Waals surface area contributed by atoms with Gasteiger partial charge in [0.2, 0.25) is 5.91 Å². The molecule has 1 aromatic rings. The first-order valence-corrected chi connectivity index (χ1v) is 10.4. The van der Waals surface area contributed by atoms with Crippen LogP contribution >= 0.6 is 0 Å². The van der Waals surface area contributed by atoms with Gasteiger partial charge < -0.3 is 4.90 Å².